The van der Waals surface area contributed by atoms with Crippen LogP contribution in [0.15, 0.2) is 60.8 Å². The lowest BCUT2D eigenvalue weighted by Crippen LogP contribution is -2.37. The van der Waals surface area contributed by atoms with E-state index in [-0.39, 0.29) is 35.3 Å². The quantitative estimate of drug-likeness (QED) is 0.330. The summed E-state index contributed by atoms with van der Waals surface area (Å²) in [6, 6.07) is 13.0. The van der Waals surface area contributed by atoms with E-state index in [1.807, 2.05) is 0 Å². The van der Waals surface area contributed by atoms with Crippen LogP contribution in [0.3, 0.4) is 0 Å². The van der Waals surface area contributed by atoms with Gasteiger partial charge in [-0.25, -0.2) is 14.2 Å². The van der Waals surface area contributed by atoms with Gasteiger partial charge in [-0.15, -0.1) is 0 Å². The van der Waals surface area contributed by atoms with Gasteiger partial charge in [-0.05, 0) is 81.0 Å². The highest BCUT2D eigenvalue weighted by Crippen LogP contribution is 2.31. The Hall–Kier alpha value is -4.78. The molecular formula is C30H32FN5O6S. The molecule has 1 aliphatic rings. The number of amides is 3. The first-order chi connectivity index (χ1) is 20.4. The second-order valence-electron chi connectivity index (χ2n) is 10.6. The number of carbonyl (C=O) groups is 3. The molecule has 4 rings (SSSR count). The summed E-state index contributed by atoms with van der Waals surface area (Å²) in [6.07, 6.45) is 0.431. The predicted octanol–water partition coefficient (Wildman–Crippen LogP) is 4.80. The van der Waals surface area contributed by atoms with E-state index in [0.717, 1.165) is 11.0 Å². The maximum absolute atomic E-state index is 15.3. The number of carbonyl (C=O) groups excluding carboxylic acids is 3. The monoisotopic (exact) mass is 609 g/mol. The second kappa shape index (κ2) is 13.0. The number of pyridine rings is 1. The molecule has 2 heterocycles. The summed E-state index contributed by atoms with van der Waals surface area (Å²) < 4.78 is 31.2. The highest BCUT2D eigenvalue weighted by molar-refractivity contribution is 7.80. The minimum atomic E-state index is -0.972. The summed E-state index contributed by atoms with van der Waals surface area (Å²) in [6.45, 7) is 5.09. The van der Waals surface area contributed by atoms with Gasteiger partial charge in [0.2, 0.25) is 5.91 Å². The molecule has 226 valence electrons. The molecular weight excluding hydrogens is 577 g/mol. The van der Waals surface area contributed by atoms with Gasteiger partial charge in [0.05, 0.1) is 44.8 Å². The van der Waals surface area contributed by atoms with Crippen LogP contribution >= 0.6 is 12.2 Å². The molecule has 0 saturated carbocycles. The third-order valence-corrected chi connectivity index (χ3v) is 6.54. The zero-order valence-corrected chi connectivity index (χ0v) is 25.2. The third-order valence-electron chi connectivity index (χ3n) is 6.24. The number of anilines is 3. The summed E-state index contributed by atoms with van der Waals surface area (Å²) in [4.78, 5) is 45.7. The Bertz CT molecular complexity index is 1510. The Labute approximate surface area is 253 Å². The molecule has 13 heteroatoms. The van der Waals surface area contributed by atoms with Crippen molar-refractivity contribution in [3.8, 4) is 11.5 Å². The summed E-state index contributed by atoms with van der Waals surface area (Å²) >= 11 is 5.41. The van der Waals surface area contributed by atoms with Crippen LogP contribution in [0.2, 0.25) is 0 Å². The molecule has 0 radical (unpaired) electrons. The highest BCUT2D eigenvalue weighted by atomic mass is 32.1. The van der Waals surface area contributed by atoms with Crippen molar-refractivity contribution in [2.45, 2.75) is 45.4 Å². The minimum Gasteiger partial charge on any atom is -0.497 e. The molecule has 2 N–H and O–H groups in total. The van der Waals surface area contributed by atoms with Crippen LogP contribution in [-0.2, 0) is 20.9 Å². The van der Waals surface area contributed by atoms with Crippen LogP contribution in [0.4, 0.5) is 26.4 Å². The zero-order chi connectivity index (χ0) is 31.3. The van der Waals surface area contributed by atoms with Crippen LogP contribution < -0.4 is 29.9 Å². The van der Waals surface area contributed by atoms with Crippen molar-refractivity contribution in [3.63, 3.8) is 0 Å². The predicted molar refractivity (Wildman–Crippen MR) is 163 cm³/mol. The smallest absolute Gasteiger partial charge is 0.415 e. The Balaban J connectivity index is 1.57. The lowest BCUT2D eigenvalue weighted by molar-refractivity contribution is -0.122. The largest absolute Gasteiger partial charge is 0.497 e. The number of hydrogen-bond donors (Lipinski definition) is 2. The van der Waals surface area contributed by atoms with Crippen molar-refractivity contribution in [2.24, 2.45) is 0 Å². The van der Waals surface area contributed by atoms with Crippen LogP contribution in [0.25, 0.3) is 0 Å². The first kappa shape index (κ1) is 31.2. The minimum absolute atomic E-state index is 0.0295. The summed E-state index contributed by atoms with van der Waals surface area (Å²) in [5.41, 5.74) is -0.0790. The molecule has 0 aliphatic carbocycles. The topological polar surface area (TPSA) is 122 Å². The molecule has 1 atom stereocenters. The van der Waals surface area contributed by atoms with Crippen molar-refractivity contribution in [2.75, 3.05) is 29.3 Å². The van der Waals surface area contributed by atoms with E-state index in [2.05, 4.69) is 15.6 Å². The van der Waals surface area contributed by atoms with Gasteiger partial charge >= 0.3 is 6.09 Å². The van der Waals surface area contributed by atoms with Gasteiger partial charge in [0, 0.05) is 0 Å². The second-order valence-corrected chi connectivity index (χ2v) is 10.9. The van der Waals surface area contributed by atoms with E-state index < -0.39 is 35.4 Å². The van der Waals surface area contributed by atoms with Gasteiger partial charge in [-0.2, -0.15) is 0 Å². The van der Waals surface area contributed by atoms with E-state index in [4.69, 9.17) is 26.4 Å². The Kier molecular flexibility index (Phi) is 9.44. The number of hydrogen-bond acceptors (Lipinski definition) is 8. The SMILES string of the molecule is COc1ccc(CN(C(=O)OC(C)(C)C)c2cc(N3C(=O)C(CC(=O)Nc4ccc(OC)cn4)NC3=S)ccc2F)cc1. The van der Waals surface area contributed by atoms with E-state index in [1.54, 1.807) is 57.2 Å². The molecule has 43 heavy (non-hydrogen) atoms. The van der Waals surface area contributed by atoms with E-state index in [1.165, 1.54) is 37.4 Å². The van der Waals surface area contributed by atoms with Gasteiger partial charge in [-0.1, -0.05) is 12.1 Å². The zero-order valence-electron chi connectivity index (χ0n) is 24.3. The number of aromatic nitrogens is 1. The molecule has 1 fully saturated rings. The number of rotatable bonds is 9. The summed E-state index contributed by atoms with van der Waals surface area (Å²) in [7, 11) is 3.04. The Morgan fingerprint density at radius 2 is 1.74 bits per heavy atom. The molecule has 1 unspecified atom stereocenters. The maximum atomic E-state index is 15.3. The molecule has 1 aliphatic heterocycles. The molecule has 0 bridgehead atoms. The van der Waals surface area contributed by atoms with Gasteiger partial charge in [-0.3, -0.25) is 19.4 Å². The van der Waals surface area contributed by atoms with E-state index in [9.17, 15) is 14.4 Å². The normalized spacial score (nSPS) is 14.7. The summed E-state index contributed by atoms with van der Waals surface area (Å²) in [5.74, 6) is -0.255. The van der Waals surface area contributed by atoms with Crippen molar-refractivity contribution < 1.29 is 33.0 Å². The maximum Gasteiger partial charge on any atom is 0.415 e. The average molecular weight is 610 g/mol. The van der Waals surface area contributed by atoms with Crippen molar-refractivity contribution in [1.82, 2.24) is 10.3 Å². The van der Waals surface area contributed by atoms with Crippen LogP contribution in [0, 0.1) is 5.82 Å². The van der Waals surface area contributed by atoms with Crippen molar-refractivity contribution >= 4 is 52.4 Å². The first-order valence-corrected chi connectivity index (χ1v) is 13.7. The molecule has 11 nitrogen and oxygen atoms in total. The molecule has 1 aromatic heterocycles. The van der Waals surface area contributed by atoms with Gasteiger partial charge < -0.3 is 24.8 Å². The number of ether oxygens (including phenoxy) is 3. The molecule has 1 saturated heterocycles. The van der Waals surface area contributed by atoms with Gasteiger partial charge in [0.1, 0.15) is 34.8 Å². The molecule has 2 aromatic carbocycles. The third kappa shape index (κ3) is 7.74. The van der Waals surface area contributed by atoms with E-state index >= 15 is 4.39 Å². The lowest BCUT2D eigenvalue weighted by Gasteiger charge is -2.28. The number of nitrogens with one attached hydrogen (secondary N) is 2. The number of halogens is 1. The van der Waals surface area contributed by atoms with Gasteiger partial charge in [0.15, 0.2) is 5.11 Å². The molecule has 3 aromatic rings. The standard InChI is InChI=1S/C30H32FN5O6S/c1-30(2,3)42-29(39)35(17-18-6-9-20(40-4)10-7-18)24-14-19(8-12-22(24)31)36-27(38)23(33-28(36)43)15-26(37)34-25-13-11-21(41-5)16-32-25/h6-14,16,23H,15,17H2,1-5H3,(H,33,43)(H,32,34,37). The fraction of sp³-hybridized carbons (Fsp3) is 0.300. The number of benzene rings is 2. The first-order valence-electron chi connectivity index (χ1n) is 13.3. The Morgan fingerprint density at radius 1 is 1.07 bits per heavy atom. The average Bonchev–Trinajstić information content (AvgIpc) is 3.23. The van der Waals surface area contributed by atoms with Crippen molar-refractivity contribution in [1.29, 1.82) is 0 Å². The van der Waals surface area contributed by atoms with Gasteiger partial charge in [0.25, 0.3) is 5.91 Å². The number of nitrogens with zero attached hydrogens (tertiary/aromatic N) is 3. The van der Waals surface area contributed by atoms with Crippen LogP contribution in [-0.4, -0.2) is 53.9 Å². The fourth-order valence-corrected chi connectivity index (χ4v) is 4.53. The lowest BCUT2D eigenvalue weighted by atomic mass is 10.1. The number of methoxy groups -OCH3 is 2. The molecule has 3 amide bonds. The van der Waals surface area contributed by atoms with Crippen LogP contribution in [0.1, 0.15) is 32.8 Å². The molecule has 0 spiro atoms. The van der Waals surface area contributed by atoms with Crippen molar-refractivity contribution in [3.05, 3.63) is 72.2 Å². The number of thiocarbonyl (C=S) groups is 1. The van der Waals surface area contributed by atoms with E-state index in [0.29, 0.717) is 17.1 Å². The fourth-order valence-electron chi connectivity index (χ4n) is 4.19. The highest BCUT2D eigenvalue weighted by Gasteiger charge is 2.38. The Morgan fingerprint density at radius 3 is 2.35 bits per heavy atom. The summed E-state index contributed by atoms with van der Waals surface area (Å²) in [5, 5.41) is 5.51. The van der Waals surface area contributed by atoms with Crippen LogP contribution in [0.5, 0.6) is 11.5 Å².